The molecule has 43 heavy (non-hydrogen) atoms. The highest BCUT2D eigenvalue weighted by Crippen LogP contribution is 2.19. The first-order valence-corrected chi connectivity index (χ1v) is 14.1. The van der Waals surface area contributed by atoms with Crippen LogP contribution in [0.3, 0.4) is 0 Å². The van der Waals surface area contributed by atoms with Gasteiger partial charge in [-0.2, -0.15) is 0 Å². The molecule has 8 N–H and O–H groups in total. The second-order valence-corrected chi connectivity index (χ2v) is 10.9. The molecule has 3 aromatic rings. The summed E-state index contributed by atoms with van der Waals surface area (Å²) in [5.74, 6) is -4.59. The highest BCUT2D eigenvalue weighted by Gasteiger charge is 2.31. The number of carbonyl (C=O) groups is 5. The van der Waals surface area contributed by atoms with Crippen molar-refractivity contribution in [1.29, 1.82) is 0 Å². The van der Waals surface area contributed by atoms with E-state index in [0.717, 1.165) is 16.5 Å². The number of aromatic amines is 1. The molecule has 230 valence electrons. The number of carboxylic acids is 2. The Bertz CT molecular complexity index is 1420. The number of para-hydroxylation sites is 1. The maximum Gasteiger partial charge on any atom is 0.326 e. The zero-order valence-corrected chi connectivity index (χ0v) is 24.2. The fraction of sp³-hybridized carbons (Fsp3) is 0.387. The van der Waals surface area contributed by atoms with Gasteiger partial charge in [0, 0.05) is 29.9 Å². The number of hydrogen-bond acceptors (Lipinski definition) is 6. The summed E-state index contributed by atoms with van der Waals surface area (Å²) in [5.41, 5.74) is 8.40. The van der Waals surface area contributed by atoms with E-state index < -0.39 is 60.2 Å². The lowest BCUT2D eigenvalue weighted by molar-refractivity contribution is -0.142. The summed E-state index contributed by atoms with van der Waals surface area (Å²) >= 11 is 0. The Balaban J connectivity index is 1.83. The van der Waals surface area contributed by atoms with Crippen molar-refractivity contribution < 1.29 is 34.2 Å². The maximum atomic E-state index is 13.5. The Morgan fingerprint density at radius 2 is 1.40 bits per heavy atom. The van der Waals surface area contributed by atoms with Gasteiger partial charge in [0.2, 0.25) is 17.7 Å². The van der Waals surface area contributed by atoms with Crippen LogP contribution in [-0.4, -0.2) is 69.0 Å². The summed E-state index contributed by atoms with van der Waals surface area (Å²) in [4.78, 5) is 66.2. The summed E-state index contributed by atoms with van der Waals surface area (Å²) in [6.07, 6.45) is 1.39. The van der Waals surface area contributed by atoms with Gasteiger partial charge in [-0.05, 0) is 42.4 Å². The van der Waals surface area contributed by atoms with Crippen LogP contribution in [0, 0.1) is 5.92 Å². The Labute approximate surface area is 249 Å². The lowest BCUT2D eigenvalue weighted by Gasteiger charge is -2.25. The third-order valence-corrected chi connectivity index (χ3v) is 6.97. The standard InChI is InChI=1S/C31H39N5O7/c1-18(2)14-26(31(42)43)36-30(41)25(16-20-17-33-23-11-7-6-10-21(20)23)35-29(40)24(12-13-27(37)38)34-28(39)22(32)15-19-8-4-3-5-9-19/h3-11,17-18,22,24-26,33H,12-16,32H2,1-2H3,(H,34,39)(H,35,40)(H,36,41)(H,37,38)(H,42,43). The number of rotatable bonds is 16. The van der Waals surface area contributed by atoms with E-state index in [-0.39, 0.29) is 31.6 Å². The predicted octanol–water partition coefficient (Wildman–Crippen LogP) is 1.73. The minimum Gasteiger partial charge on any atom is -0.481 e. The van der Waals surface area contributed by atoms with Gasteiger partial charge in [0.25, 0.3) is 0 Å². The van der Waals surface area contributed by atoms with Crippen molar-refractivity contribution in [3.05, 3.63) is 71.9 Å². The van der Waals surface area contributed by atoms with E-state index in [9.17, 15) is 34.2 Å². The largest absolute Gasteiger partial charge is 0.481 e. The number of aliphatic carboxylic acids is 2. The van der Waals surface area contributed by atoms with E-state index >= 15 is 0 Å². The van der Waals surface area contributed by atoms with Crippen LogP contribution in [0.1, 0.15) is 44.2 Å². The van der Waals surface area contributed by atoms with Gasteiger partial charge in [0.1, 0.15) is 18.1 Å². The van der Waals surface area contributed by atoms with Crippen molar-refractivity contribution in [2.24, 2.45) is 11.7 Å². The average Bonchev–Trinajstić information content (AvgIpc) is 3.37. The summed E-state index contributed by atoms with van der Waals surface area (Å²) in [6.45, 7) is 3.65. The Kier molecular flexibility index (Phi) is 11.8. The molecular formula is C31H39N5O7. The minimum absolute atomic E-state index is 0.00270. The first-order chi connectivity index (χ1) is 20.4. The van der Waals surface area contributed by atoms with E-state index in [0.29, 0.717) is 5.56 Å². The van der Waals surface area contributed by atoms with Gasteiger partial charge in [-0.25, -0.2) is 4.79 Å². The van der Waals surface area contributed by atoms with Gasteiger partial charge in [0.05, 0.1) is 6.04 Å². The van der Waals surface area contributed by atoms with Crippen molar-refractivity contribution in [1.82, 2.24) is 20.9 Å². The maximum absolute atomic E-state index is 13.5. The molecule has 1 aromatic heterocycles. The van der Waals surface area contributed by atoms with Crippen molar-refractivity contribution in [2.75, 3.05) is 0 Å². The lowest BCUT2D eigenvalue weighted by atomic mass is 10.0. The number of amides is 3. The first-order valence-electron chi connectivity index (χ1n) is 14.1. The molecular weight excluding hydrogens is 554 g/mol. The molecule has 0 spiro atoms. The molecule has 0 aliphatic carbocycles. The molecule has 0 bridgehead atoms. The van der Waals surface area contributed by atoms with Gasteiger partial charge < -0.3 is 36.9 Å². The number of carboxylic acid groups (broad SMARTS) is 2. The molecule has 3 rings (SSSR count). The number of carbonyl (C=O) groups excluding carboxylic acids is 3. The van der Waals surface area contributed by atoms with Crippen LogP contribution in [0.15, 0.2) is 60.8 Å². The van der Waals surface area contributed by atoms with Crippen LogP contribution < -0.4 is 21.7 Å². The van der Waals surface area contributed by atoms with Crippen molar-refractivity contribution in [2.45, 2.75) is 70.1 Å². The monoisotopic (exact) mass is 593 g/mol. The topological polar surface area (TPSA) is 204 Å². The van der Waals surface area contributed by atoms with Crippen LogP contribution >= 0.6 is 0 Å². The van der Waals surface area contributed by atoms with E-state index in [1.807, 2.05) is 44.2 Å². The molecule has 3 amide bonds. The first kappa shape index (κ1) is 32.8. The zero-order chi connectivity index (χ0) is 31.5. The van der Waals surface area contributed by atoms with Crippen molar-refractivity contribution >= 4 is 40.6 Å². The minimum atomic E-state index is -1.31. The number of fused-ring (bicyclic) bond motifs is 1. The van der Waals surface area contributed by atoms with Gasteiger partial charge in [0.15, 0.2) is 0 Å². The number of H-pyrrole nitrogens is 1. The molecule has 4 atom stereocenters. The van der Waals surface area contributed by atoms with E-state index in [2.05, 4.69) is 20.9 Å². The Morgan fingerprint density at radius 3 is 2.05 bits per heavy atom. The predicted molar refractivity (Wildman–Crippen MR) is 160 cm³/mol. The van der Waals surface area contributed by atoms with E-state index in [4.69, 9.17) is 5.73 Å². The van der Waals surface area contributed by atoms with Crippen LogP contribution in [0.4, 0.5) is 0 Å². The SMILES string of the molecule is CC(C)CC(NC(=O)C(Cc1c[nH]c2ccccc12)NC(=O)C(CCC(=O)O)NC(=O)C(N)Cc1ccccc1)C(=O)O. The highest BCUT2D eigenvalue weighted by atomic mass is 16.4. The second-order valence-electron chi connectivity index (χ2n) is 10.9. The molecule has 1 heterocycles. The number of hydrogen-bond donors (Lipinski definition) is 7. The second kappa shape index (κ2) is 15.5. The molecule has 12 heteroatoms. The molecule has 4 unspecified atom stereocenters. The quantitative estimate of drug-likeness (QED) is 0.130. The number of benzene rings is 2. The van der Waals surface area contributed by atoms with Gasteiger partial charge >= 0.3 is 11.9 Å². The fourth-order valence-corrected chi connectivity index (χ4v) is 4.74. The molecule has 0 saturated carbocycles. The summed E-state index contributed by atoms with van der Waals surface area (Å²) in [6, 6.07) is 11.7. The van der Waals surface area contributed by atoms with Crippen molar-refractivity contribution in [3.8, 4) is 0 Å². The molecule has 12 nitrogen and oxygen atoms in total. The van der Waals surface area contributed by atoms with E-state index in [1.165, 1.54) is 0 Å². The molecule has 0 radical (unpaired) electrons. The van der Waals surface area contributed by atoms with Crippen LogP contribution in [0.25, 0.3) is 10.9 Å². The fourth-order valence-electron chi connectivity index (χ4n) is 4.74. The number of aromatic nitrogens is 1. The van der Waals surface area contributed by atoms with Gasteiger partial charge in [-0.1, -0.05) is 62.4 Å². The molecule has 0 saturated heterocycles. The third-order valence-electron chi connectivity index (χ3n) is 6.97. The van der Waals surface area contributed by atoms with Crippen LogP contribution in [0.2, 0.25) is 0 Å². The molecule has 0 aliphatic rings. The van der Waals surface area contributed by atoms with E-state index in [1.54, 1.807) is 30.5 Å². The molecule has 0 fully saturated rings. The normalized spacial score (nSPS) is 14.0. The molecule has 0 aliphatic heterocycles. The smallest absolute Gasteiger partial charge is 0.326 e. The number of nitrogens with two attached hydrogens (primary N) is 1. The lowest BCUT2D eigenvalue weighted by Crippen LogP contribution is -2.58. The Hall–Kier alpha value is -4.71. The zero-order valence-electron chi connectivity index (χ0n) is 24.2. The van der Waals surface area contributed by atoms with Crippen LogP contribution in [-0.2, 0) is 36.8 Å². The summed E-state index contributed by atoms with van der Waals surface area (Å²) < 4.78 is 0. The Morgan fingerprint density at radius 1 is 0.791 bits per heavy atom. The summed E-state index contributed by atoms with van der Waals surface area (Å²) in [5, 5.41) is 27.4. The molecule has 2 aromatic carbocycles. The van der Waals surface area contributed by atoms with Crippen LogP contribution in [0.5, 0.6) is 0 Å². The van der Waals surface area contributed by atoms with Crippen molar-refractivity contribution in [3.63, 3.8) is 0 Å². The summed E-state index contributed by atoms with van der Waals surface area (Å²) in [7, 11) is 0. The average molecular weight is 594 g/mol. The van der Waals surface area contributed by atoms with Gasteiger partial charge in [-0.15, -0.1) is 0 Å². The number of nitrogens with one attached hydrogen (secondary N) is 4. The highest BCUT2D eigenvalue weighted by molar-refractivity contribution is 5.95. The van der Waals surface area contributed by atoms with Gasteiger partial charge in [-0.3, -0.25) is 19.2 Å². The third kappa shape index (κ3) is 9.96.